The number of fused-ring (bicyclic) bond motifs is 2. The minimum absolute atomic E-state index is 0.0531. The number of amides is 1. The zero-order chi connectivity index (χ0) is 16.0. The van der Waals surface area contributed by atoms with Gasteiger partial charge in [-0.1, -0.05) is 12.1 Å². The largest absolute Gasteiger partial charge is 0.361 e. The molecule has 0 bridgehead atoms. The monoisotopic (exact) mass is 305 g/mol. The third-order valence-corrected chi connectivity index (χ3v) is 4.70. The van der Waals surface area contributed by atoms with Gasteiger partial charge in [0.1, 0.15) is 0 Å². The summed E-state index contributed by atoms with van der Waals surface area (Å²) in [6.07, 6.45) is 4.59. The van der Waals surface area contributed by atoms with Gasteiger partial charge in [-0.05, 0) is 37.1 Å². The van der Waals surface area contributed by atoms with Crippen molar-refractivity contribution in [2.75, 3.05) is 13.1 Å². The van der Waals surface area contributed by atoms with Crippen molar-refractivity contribution < 1.29 is 4.79 Å². The molecular weight excluding hydrogens is 286 g/mol. The molecule has 0 fully saturated rings. The third kappa shape index (κ3) is 2.05. The molecule has 0 spiro atoms. The summed E-state index contributed by atoms with van der Waals surface area (Å²) in [6, 6.07) is 8.26. The maximum absolute atomic E-state index is 12.6. The molecule has 3 aromatic rings. The Kier molecular flexibility index (Phi) is 3.18. The highest BCUT2D eigenvalue weighted by molar-refractivity contribution is 6.02. The van der Waals surface area contributed by atoms with Crippen molar-refractivity contribution in [2.24, 2.45) is 0 Å². The van der Waals surface area contributed by atoms with E-state index in [0.717, 1.165) is 23.2 Å². The summed E-state index contributed by atoms with van der Waals surface area (Å²) in [5, 5.41) is 1.26. The summed E-state index contributed by atoms with van der Waals surface area (Å²) in [7, 11) is 0. The molecule has 4 nitrogen and oxygen atoms in total. The molecular formula is C19H19N3O. The van der Waals surface area contributed by atoms with E-state index in [1.54, 1.807) is 6.20 Å². The molecule has 1 aliphatic rings. The highest BCUT2D eigenvalue weighted by atomic mass is 16.2. The highest BCUT2D eigenvalue weighted by Crippen LogP contribution is 2.38. The summed E-state index contributed by atoms with van der Waals surface area (Å²) in [4.78, 5) is 22.4. The van der Waals surface area contributed by atoms with Gasteiger partial charge in [-0.3, -0.25) is 9.78 Å². The normalized spacial score (nSPS) is 12.3. The molecule has 2 heterocycles. The van der Waals surface area contributed by atoms with Crippen LogP contribution in [0.25, 0.3) is 22.0 Å². The van der Waals surface area contributed by atoms with Gasteiger partial charge in [-0.15, -0.1) is 0 Å². The number of aromatic nitrogens is 2. The van der Waals surface area contributed by atoms with Crippen LogP contribution in [0.2, 0.25) is 0 Å². The Morgan fingerprint density at radius 2 is 2.09 bits per heavy atom. The summed E-state index contributed by atoms with van der Waals surface area (Å²) in [5.74, 6) is 0.0531. The second-order valence-corrected chi connectivity index (χ2v) is 5.91. The van der Waals surface area contributed by atoms with Crippen molar-refractivity contribution in [3.63, 3.8) is 0 Å². The Labute approximate surface area is 135 Å². The standard InChI is InChI=1S/C19H19N3O/c1-3-22(4-2)19(23)13-8-15-14-6-5-7-16-18(14)12(10-20-16)9-17(15)21-11-13/h5-8,10-11,20H,3-4,9H2,1-2H3. The van der Waals surface area contributed by atoms with Gasteiger partial charge < -0.3 is 9.88 Å². The van der Waals surface area contributed by atoms with Crippen LogP contribution in [-0.2, 0) is 6.42 Å². The predicted octanol–water partition coefficient (Wildman–Crippen LogP) is 3.62. The molecule has 4 heteroatoms. The lowest BCUT2D eigenvalue weighted by molar-refractivity contribution is 0.0772. The smallest absolute Gasteiger partial charge is 0.255 e. The van der Waals surface area contributed by atoms with Crippen LogP contribution in [0.1, 0.15) is 35.5 Å². The first kappa shape index (κ1) is 14.0. The van der Waals surface area contributed by atoms with Gasteiger partial charge in [-0.2, -0.15) is 0 Å². The number of aromatic amines is 1. The minimum atomic E-state index is 0.0531. The van der Waals surface area contributed by atoms with E-state index < -0.39 is 0 Å². The molecule has 0 radical (unpaired) electrons. The molecule has 4 rings (SSSR count). The van der Waals surface area contributed by atoms with Crippen LogP contribution in [-0.4, -0.2) is 33.9 Å². The maximum Gasteiger partial charge on any atom is 0.255 e. The maximum atomic E-state index is 12.6. The Morgan fingerprint density at radius 3 is 2.87 bits per heavy atom. The minimum Gasteiger partial charge on any atom is -0.361 e. The number of carbonyl (C=O) groups is 1. The van der Waals surface area contributed by atoms with E-state index in [0.29, 0.717) is 18.7 Å². The lowest BCUT2D eigenvalue weighted by Crippen LogP contribution is -2.30. The quantitative estimate of drug-likeness (QED) is 0.628. The van der Waals surface area contributed by atoms with Gasteiger partial charge in [0.05, 0.1) is 11.3 Å². The number of H-pyrrole nitrogens is 1. The number of nitrogens with one attached hydrogen (secondary N) is 1. The van der Waals surface area contributed by atoms with E-state index in [1.807, 2.05) is 30.9 Å². The fourth-order valence-electron chi connectivity index (χ4n) is 3.48. The number of benzene rings is 1. The predicted molar refractivity (Wildman–Crippen MR) is 91.6 cm³/mol. The van der Waals surface area contributed by atoms with Crippen LogP contribution >= 0.6 is 0 Å². The summed E-state index contributed by atoms with van der Waals surface area (Å²) >= 11 is 0. The van der Waals surface area contributed by atoms with Crippen molar-refractivity contribution >= 4 is 16.8 Å². The van der Waals surface area contributed by atoms with Gasteiger partial charge in [-0.25, -0.2) is 0 Å². The number of nitrogens with zero attached hydrogens (tertiary/aromatic N) is 2. The van der Waals surface area contributed by atoms with Crippen molar-refractivity contribution in [1.82, 2.24) is 14.9 Å². The molecule has 0 saturated heterocycles. The van der Waals surface area contributed by atoms with Crippen LogP contribution in [0.3, 0.4) is 0 Å². The van der Waals surface area contributed by atoms with E-state index in [9.17, 15) is 4.79 Å². The number of hydrogen-bond acceptors (Lipinski definition) is 2. The van der Waals surface area contributed by atoms with Gasteiger partial charge in [0, 0.05) is 48.4 Å². The Bertz CT molecular complexity index is 906. The van der Waals surface area contributed by atoms with Crippen LogP contribution in [0.4, 0.5) is 0 Å². The molecule has 2 aromatic heterocycles. The van der Waals surface area contributed by atoms with Crippen LogP contribution in [0, 0.1) is 0 Å². The van der Waals surface area contributed by atoms with Crippen molar-refractivity contribution in [2.45, 2.75) is 20.3 Å². The molecule has 1 aromatic carbocycles. The summed E-state index contributed by atoms with van der Waals surface area (Å²) in [6.45, 7) is 5.42. The highest BCUT2D eigenvalue weighted by Gasteiger charge is 2.22. The molecule has 0 unspecified atom stereocenters. The first-order chi connectivity index (χ1) is 11.2. The van der Waals surface area contributed by atoms with Crippen molar-refractivity contribution in [1.29, 1.82) is 0 Å². The Balaban J connectivity index is 1.87. The topological polar surface area (TPSA) is 49.0 Å². The van der Waals surface area contributed by atoms with Crippen LogP contribution < -0.4 is 0 Å². The molecule has 0 saturated carbocycles. The van der Waals surface area contributed by atoms with E-state index in [1.165, 1.54) is 16.5 Å². The fraction of sp³-hybridized carbons (Fsp3) is 0.263. The number of rotatable bonds is 3. The summed E-state index contributed by atoms with van der Waals surface area (Å²) in [5.41, 5.74) is 6.38. The second kappa shape index (κ2) is 5.23. The second-order valence-electron chi connectivity index (χ2n) is 5.91. The van der Waals surface area contributed by atoms with Gasteiger partial charge in [0.15, 0.2) is 0 Å². The Hall–Kier alpha value is -2.62. The van der Waals surface area contributed by atoms with Crippen molar-refractivity contribution in [3.05, 3.63) is 53.5 Å². The van der Waals surface area contributed by atoms with E-state index >= 15 is 0 Å². The molecule has 23 heavy (non-hydrogen) atoms. The number of hydrogen-bond donors (Lipinski definition) is 1. The van der Waals surface area contributed by atoms with Gasteiger partial charge in [0.25, 0.3) is 5.91 Å². The SMILES string of the molecule is CCN(CC)C(=O)c1cnc2c(c1)-c1cccc3[nH]cc(c13)C2. The average molecular weight is 305 g/mol. The molecule has 116 valence electrons. The fourth-order valence-corrected chi connectivity index (χ4v) is 3.48. The average Bonchev–Trinajstić information content (AvgIpc) is 3.00. The van der Waals surface area contributed by atoms with E-state index in [4.69, 9.17) is 0 Å². The molecule has 1 aliphatic carbocycles. The lowest BCUT2D eigenvalue weighted by Gasteiger charge is -2.21. The van der Waals surface area contributed by atoms with Crippen molar-refractivity contribution in [3.8, 4) is 11.1 Å². The first-order valence-electron chi connectivity index (χ1n) is 8.10. The number of pyridine rings is 1. The molecule has 1 amide bonds. The van der Waals surface area contributed by atoms with Crippen LogP contribution in [0.5, 0.6) is 0 Å². The van der Waals surface area contributed by atoms with E-state index in [2.05, 4.69) is 28.3 Å². The molecule has 1 N–H and O–H groups in total. The summed E-state index contributed by atoms with van der Waals surface area (Å²) < 4.78 is 0. The first-order valence-corrected chi connectivity index (χ1v) is 8.10. The van der Waals surface area contributed by atoms with Gasteiger partial charge in [0.2, 0.25) is 0 Å². The zero-order valence-corrected chi connectivity index (χ0v) is 13.4. The van der Waals surface area contributed by atoms with Crippen LogP contribution in [0.15, 0.2) is 36.7 Å². The zero-order valence-electron chi connectivity index (χ0n) is 13.4. The Morgan fingerprint density at radius 1 is 1.26 bits per heavy atom. The molecule has 0 aliphatic heterocycles. The van der Waals surface area contributed by atoms with Gasteiger partial charge >= 0.3 is 0 Å². The van der Waals surface area contributed by atoms with E-state index in [-0.39, 0.29) is 5.91 Å². The number of carbonyl (C=O) groups excluding carboxylic acids is 1. The lowest BCUT2D eigenvalue weighted by atomic mass is 9.89. The molecule has 0 atom stereocenters. The third-order valence-electron chi connectivity index (χ3n) is 4.70.